The van der Waals surface area contributed by atoms with Gasteiger partial charge in [-0.3, -0.25) is 4.79 Å². The fourth-order valence-corrected chi connectivity index (χ4v) is 2.16. The summed E-state index contributed by atoms with van der Waals surface area (Å²) in [6.07, 6.45) is 1.08. The summed E-state index contributed by atoms with van der Waals surface area (Å²) in [5, 5.41) is 2.86. The molecule has 0 fully saturated rings. The molecule has 0 saturated heterocycles. The van der Waals surface area contributed by atoms with E-state index in [1.807, 2.05) is 55.5 Å². The summed E-state index contributed by atoms with van der Waals surface area (Å²) < 4.78 is 11.0. The van der Waals surface area contributed by atoms with Gasteiger partial charge in [0.25, 0.3) is 0 Å². The van der Waals surface area contributed by atoms with Gasteiger partial charge in [-0.2, -0.15) is 0 Å². The maximum absolute atomic E-state index is 11.9. The van der Waals surface area contributed by atoms with E-state index < -0.39 is 0 Å². The molecular formula is C19H25ClN2O3. The largest absolute Gasteiger partial charge is 0.494 e. The molecule has 25 heavy (non-hydrogen) atoms. The molecule has 6 heteroatoms. The van der Waals surface area contributed by atoms with Gasteiger partial charge in [0.1, 0.15) is 18.1 Å². The van der Waals surface area contributed by atoms with Gasteiger partial charge in [0.15, 0.2) is 0 Å². The van der Waals surface area contributed by atoms with Crippen molar-refractivity contribution in [3.05, 3.63) is 54.1 Å². The van der Waals surface area contributed by atoms with Crippen molar-refractivity contribution in [1.29, 1.82) is 0 Å². The molecule has 0 spiro atoms. The van der Waals surface area contributed by atoms with Crippen LogP contribution in [-0.4, -0.2) is 25.7 Å². The molecule has 0 radical (unpaired) electrons. The fraction of sp³-hybridized carbons (Fsp3) is 0.316. The first-order valence-corrected chi connectivity index (χ1v) is 8.09. The zero-order chi connectivity index (χ0) is 17.2. The first kappa shape index (κ1) is 20.8. The van der Waals surface area contributed by atoms with Crippen molar-refractivity contribution in [1.82, 2.24) is 0 Å². The molecule has 3 N–H and O–H groups in total. The lowest BCUT2D eigenvalue weighted by molar-refractivity contribution is -0.116. The Morgan fingerprint density at radius 3 is 2.44 bits per heavy atom. The topological polar surface area (TPSA) is 73.6 Å². The number of amides is 1. The van der Waals surface area contributed by atoms with Crippen molar-refractivity contribution >= 4 is 24.0 Å². The maximum Gasteiger partial charge on any atom is 0.224 e. The molecule has 1 amide bonds. The number of nitrogens with two attached hydrogens (primary N) is 1. The van der Waals surface area contributed by atoms with Crippen LogP contribution in [0.3, 0.4) is 0 Å². The highest BCUT2D eigenvalue weighted by molar-refractivity contribution is 5.90. The summed E-state index contributed by atoms with van der Waals surface area (Å²) in [6.45, 7) is 3.49. The summed E-state index contributed by atoms with van der Waals surface area (Å²) in [7, 11) is 0. The van der Waals surface area contributed by atoms with Gasteiger partial charge in [-0.1, -0.05) is 12.1 Å². The van der Waals surface area contributed by atoms with Crippen LogP contribution in [0.4, 0.5) is 5.69 Å². The third-order valence-corrected chi connectivity index (χ3v) is 3.33. The molecule has 0 saturated carbocycles. The van der Waals surface area contributed by atoms with Crippen molar-refractivity contribution in [2.45, 2.75) is 19.8 Å². The number of halogens is 1. The standard InChI is InChI=1S/C19H24N2O3.ClH/c1-15-4-2-5-18(14-15)23-12-3-6-19(22)21-16-7-9-17(10-8-16)24-13-11-20;/h2,4-5,7-10,14H,3,6,11-13,20H2,1H3,(H,21,22);1H. The van der Waals surface area contributed by atoms with Crippen LogP contribution in [-0.2, 0) is 4.79 Å². The van der Waals surface area contributed by atoms with E-state index in [0.29, 0.717) is 32.6 Å². The van der Waals surface area contributed by atoms with E-state index in [2.05, 4.69) is 5.32 Å². The van der Waals surface area contributed by atoms with E-state index in [1.54, 1.807) is 0 Å². The van der Waals surface area contributed by atoms with Gasteiger partial charge < -0.3 is 20.5 Å². The normalized spacial score (nSPS) is 9.84. The van der Waals surface area contributed by atoms with Gasteiger partial charge in [0, 0.05) is 18.7 Å². The van der Waals surface area contributed by atoms with E-state index in [4.69, 9.17) is 15.2 Å². The first-order valence-electron chi connectivity index (χ1n) is 8.09. The number of rotatable bonds is 9. The number of benzene rings is 2. The molecule has 0 aliphatic heterocycles. The smallest absolute Gasteiger partial charge is 0.224 e. The van der Waals surface area contributed by atoms with Gasteiger partial charge in [-0.15, -0.1) is 12.4 Å². The number of anilines is 1. The van der Waals surface area contributed by atoms with Crippen molar-refractivity contribution < 1.29 is 14.3 Å². The Hall–Kier alpha value is -2.24. The van der Waals surface area contributed by atoms with Crippen LogP contribution >= 0.6 is 12.4 Å². The fourth-order valence-electron chi connectivity index (χ4n) is 2.16. The zero-order valence-corrected chi connectivity index (χ0v) is 15.2. The Kier molecular flexibility index (Phi) is 9.43. The lowest BCUT2D eigenvalue weighted by atomic mass is 10.2. The molecule has 0 unspecified atom stereocenters. The highest BCUT2D eigenvalue weighted by Crippen LogP contribution is 2.16. The number of hydrogen-bond acceptors (Lipinski definition) is 4. The Balaban J connectivity index is 0.00000312. The van der Waals surface area contributed by atoms with Crippen LogP contribution in [0.15, 0.2) is 48.5 Å². The van der Waals surface area contributed by atoms with Crippen molar-refractivity contribution in [3.63, 3.8) is 0 Å². The summed E-state index contributed by atoms with van der Waals surface area (Å²) in [5.41, 5.74) is 7.29. The lowest BCUT2D eigenvalue weighted by Gasteiger charge is -2.09. The Morgan fingerprint density at radius 1 is 1.04 bits per heavy atom. The third-order valence-electron chi connectivity index (χ3n) is 3.33. The molecule has 136 valence electrons. The summed E-state index contributed by atoms with van der Waals surface area (Å²) >= 11 is 0. The van der Waals surface area contributed by atoms with Gasteiger partial charge in [0.2, 0.25) is 5.91 Å². The summed E-state index contributed by atoms with van der Waals surface area (Å²) in [6, 6.07) is 15.1. The van der Waals surface area contributed by atoms with Crippen molar-refractivity contribution in [2.75, 3.05) is 25.1 Å². The van der Waals surface area contributed by atoms with Crippen LogP contribution in [0.5, 0.6) is 11.5 Å². The zero-order valence-electron chi connectivity index (χ0n) is 14.4. The predicted octanol–water partition coefficient (Wildman–Crippen LogP) is 3.55. The van der Waals surface area contributed by atoms with E-state index in [9.17, 15) is 4.79 Å². The van der Waals surface area contributed by atoms with E-state index >= 15 is 0 Å². The Morgan fingerprint density at radius 2 is 1.76 bits per heavy atom. The number of carbonyl (C=O) groups excluding carboxylic acids is 1. The van der Waals surface area contributed by atoms with Crippen molar-refractivity contribution in [3.8, 4) is 11.5 Å². The molecule has 0 bridgehead atoms. The molecule has 0 aromatic heterocycles. The molecule has 2 aromatic rings. The monoisotopic (exact) mass is 364 g/mol. The first-order chi connectivity index (χ1) is 11.7. The van der Waals surface area contributed by atoms with Gasteiger partial charge >= 0.3 is 0 Å². The highest BCUT2D eigenvalue weighted by Gasteiger charge is 2.03. The number of carbonyl (C=O) groups is 1. The summed E-state index contributed by atoms with van der Waals surface area (Å²) in [5.74, 6) is 1.55. The molecule has 0 aliphatic rings. The third kappa shape index (κ3) is 7.92. The Bertz CT molecular complexity index is 647. The molecule has 2 rings (SSSR count). The minimum absolute atomic E-state index is 0. The molecule has 2 aromatic carbocycles. The second kappa shape index (κ2) is 11.3. The average Bonchev–Trinajstić information content (AvgIpc) is 2.58. The van der Waals surface area contributed by atoms with E-state index in [0.717, 1.165) is 22.7 Å². The number of nitrogens with one attached hydrogen (secondary N) is 1. The summed E-state index contributed by atoms with van der Waals surface area (Å²) in [4.78, 5) is 11.9. The van der Waals surface area contributed by atoms with Crippen molar-refractivity contribution in [2.24, 2.45) is 5.73 Å². The minimum atomic E-state index is -0.0292. The van der Waals surface area contributed by atoms with Gasteiger partial charge in [0.05, 0.1) is 6.61 Å². The van der Waals surface area contributed by atoms with E-state index in [1.165, 1.54) is 0 Å². The quantitative estimate of drug-likeness (QED) is 0.667. The van der Waals surface area contributed by atoms with Crippen LogP contribution in [0.1, 0.15) is 18.4 Å². The van der Waals surface area contributed by atoms with Crippen LogP contribution in [0, 0.1) is 6.92 Å². The second-order valence-corrected chi connectivity index (χ2v) is 5.48. The minimum Gasteiger partial charge on any atom is -0.494 e. The molecular weight excluding hydrogens is 340 g/mol. The maximum atomic E-state index is 11.9. The van der Waals surface area contributed by atoms with Crippen LogP contribution < -0.4 is 20.5 Å². The van der Waals surface area contributed by atoms with Gasteiger partial charge in [-0.25, -0.2) is 0 Å². The predicted molar refractivity (Wildman–Crippen MR) is 103 cm³/mol. The van der Waals surface area contributed by atoms with Crippen LogP contribution in [0.25, 0.3) is 0 Å². The number of ether oxygens (including phenoxy) is 2. The molecule has 0 heterocycles. The molecule has 0 aliphatic carbocycles. The van der Waals surface area contributed by atoms with E-state index in [-0.39, 0.29) is 18.3 Å². The molecule has 0 atom stereocenters. The van der Waals surface area contributed by atoms with Gasteiger partial charge in [-0.05, 0) is 55.3 Å². The SMILES string of the molecule is Cc1cccc(OCCCC(=O)Nc2ccc(OCCN)cc2)c1.Cl. The highest BCUT2D eigenvalue weighted by atomic mass is 35.5. The number of aryl methyl sites for hydroxylation is 1. The van der Waals surface area contributed by atoms with Crippen LogP contribution in [0.2, 0.25) is 0 Å². The average molecular weight is 365 g/mol. The second-order valence-electron chi connectivity index (χ2n) is 5.48. The Labute approximate surface area is 154 Å². The number of hydrogen-bond donors (Lipinski definition) is 2. The molecule has 5 nitrogen and oxygen atoms in total. The lowest BCUT2D eigenvalue weighted by Crippen LogP contribution is -2.13.